The van der Waals surface area contributed by atoms with Gasteiger partial charge in [0.2, 0.25) is 0 Å². The van der Waals surface area contributed by atoms with E-state index in [0.717, 1.165) is 68.6 Å². The predicted octanol–water partition coefficient (Wildman–Crippen LogP) is 10.1. The molecule has 0 amide bonds. The zero-order valence-electron chi connectivity index (χ0n) is 27.6. The highest BCUT2D eigenvalue weighted by atomic mass is 16.5. The Balaban J connectivity index is 1.04. The molecule has 0 fully saturated rings. The highest BCUT2D eigenvalue weighted by molar-refractivity contribution is 6.13. The molecule has 5 aromatic carbocycles. The number of allylic oxidation sites excluding steroid dienone is 3. The average Bonchev–Trinajstić information content (AvgIpc) is 3.88. The Kier molecular flexibility index (Phi) is 6.16. The molecule has 5 aliphatic rings. The summed E-state index contributed by atoms with van der Waals surface area (Å²) >= 11 is 0. The topological polar surface area (TPSA) is 62.4 Å². The number of amidine groups is 2. The van der Waals surface area contributed by atoms with Crippen LogP contribution in [0.25, 0.3) is 22.6 Å². The van der Waals surface area contributed by atoms with E-state index in [2.05, 4.69) is 119 Å². The summed E-state index contributed by atoms with van der Waals surface area (Å²) in [5.41, 5.74) is 11.2. The monoisotopic (exact) mass is 660 g/mol. The van der Waals surface area contributed by atoms with Crippen LogP contribution in [0, 0.1) is 0 Å². The van der Waals surface area contributed by atoms with Gasteiger partial charge >= 0.3 is 0 Å². The third-order valence-corrected chi connectivity index (χ3v) is 10.8. The maximum absolute atomic E-state index is 6.89. The van der Waals surface area contributed by atoms with E-state index >= 15 is 0 Å². The molecule has 1 aromatic heterocycles. The summed E-state index contributed by atoms with van der Waals surface area (Å²) in [4.78, 5) is 12.7. The second-order valence-corrected chi connectivity index (χ2v) is 13.6. The fraction of sp³-hybridized carbons (Fsp3) is 0.111. The highest BCUT2D eigenvalue weighted by Crippen LogP contribution is 2.57. The molecule has 11 rings (SSSR count). The summed E-state index contributed by atoms with van der Waals surface area (Å²) in [5, 5.41) is 4.76. The van der Waals surface area contributed by atoms with Gasteiger partial charge < -0.3 is 19.4 Å². The van der Waals surface area contributed by atoms with Gasteiger partial charge in [0.1, 0.15) is 29.3 Å². The van der Waals surface area contributed by atoms with Gasteiger partial charge in [-0.1, -0.05) is 121 Å². The lowest BCUT2D eigenvalue weighted by Gasteiger charge is -2.29. The molecule has 0 saturated heterocycles. The Bertz CT molecular complexity index is 2540. The van der Waals surface area contributed by atoms with Gasteiger partial charge in [0, 0.05) is 45.0 Å². The van der Waals surface area contributed by atoms with Crippen LogP contribution in [0.4, 0.5) is 11.4 Å². The number of para-hydroxylation sites is 3. The van der Waals surface area contributed by atoms with Crippen LogP contribution in [-0.4, -0.2) is 17.8 Å². The van der Waals surface area contributed by atoms with E-state index in [1.165, 1.54) is 22.4 Å². The number of nitrogens with one attached hydrogen (secondary N) is 1. The molecule has 51 heavy (non-hydrogen) atoms. The summed E-state index contributed by atoms with van der Waals surface area (Å²) < 4.78 is 13.6. The van der Waals surface area contributed by atoms with Crippen LogP contribution >= 0.6 is 0 Å². The average molecular weight is 661 g/mol. The Labute approximate surface area is 295 Å². The number of nitrogens with zero attached hydrogens (tertiary/aromatic N) is 3. The lowest BCUT2D eigenvalue weighted by Crippen LogP contribution is -2.39. The van der Waals surface area contributed by atoms with Gasteiger partial charge in [-0.15, -0.1) is 0 Å². The molecule has 3 aliphatic heterocycles. The molecule has 4 unspecified atom stereocenters. The molecular weight excluding hydrogens is 629 g/mol. The van der Waals surface area contributed by atoms with E-state index in [4.69, 9.17) is 19.1 Å². The molecule has 0 radical (unpaired) electrons. The Morgan fingerprint density at radius 3 is 2.41 bits per heavy atom. The van der Waals surface area contributed by atoms with E-state index in [1.54, 1.807) is 0 Å². The smallest absolute Gasteiger partial charge is 0.169 e. The molecule has 6 aromatic rings. The van der Waals surface area contributed by atoms with Crippen molar-refractivity contribution in [3.63, 3.8) is 0 Å². The van der Waals surface area contributed by atoms with Gasteiger partial charge in [-0.25, -0.2) is 9.98 Å². The summed E-state index contributed by atoms with van der Waals surface area (Å²) in [5.74, 6) is 3.57. The van der Waals surface area contributed by atoms with Gasteiger partial charge in [0.15, 0.2) is 11.7 Å². The van der Waals surface area contributed by atoms with Crippen molar-refractivity contribution in [1.82, 2.24) is 5.32 Å². The predicted molar refractivity (Wildman–Crippen MR) is 204 cm³/mol. The first-order valence-corrected chi connectivity index (χ1v) is 17.6. The molecule has 2 aliphatic carbocycles. The number of hydrogen-bond donors (Lipinski definition) is 1. The number of hydrogen-bond acceptors (Lipinski definition) is 6. The molecular formula is C45H32N4O2. The lowest BCUT2D eigenvalue weighted by molar-refractivity contribution is 0.255. The molecule has 0 bridgehead atoms. The van der Waals surface area contributed by atoms with Gasteiger partial charge in [-0.2, -0.15) is 0 Å². The molecule has 4 heterocycles. The van der Waals surface area contributed by atoms with Gasteiger partial charge in [-0.05, 0) is 47.9 Å². The molecule has 1 N–H and O–H groups in total. The zero-order chi connectivity index (χ0) is 33.5. The fourth-order valence-electron chi connectivity index (χ4n) is 8.57. The third kappa shape index (κ3) is 4.29. The molecule has 4 atom stereocenters. The number of aliphatic imine (C=N–C) groups is 2. The molecule has 6 heteroatoms. The number of furan rings is 1. The lowest BCUT2D eigenvalue weighted by atomic mass is 9.83. The first-order chi connectivity index (χ1) is 25.3. The second-order valence-electron chi connectivity index (χ2n) is 13.6. The van der Waals surface area contributed by atoms with Crippen molar-refractivity contribution in [3.05, 3.63) is 185 Å². The van der Waals surface area contributed by atoms with Crippen molar-refractivity contribution < 1.29 is 9.15 Å². The number of fused-ring (bicyclic) bond motifs is 10. The van der Waals surface area contributed by atoms with Crippen molar-refractivity contribution in [2.45, 2.75) is 30.5 Å². The van der Waals surface area contributed by atoms with Crippen LogP contribution in [-0.2, 0) is 0 Å². The van der Waals surface area contributed by atoms with Gasteiger partial charge in [0.05, 0.1) is 11.6 Å². The quantitative estimate of drug-likeness (QED) is 0.204. The largest absolute Gasteiger partial charge is 0.484 e. The van der Waals surface area contributed by atoms with Crippen molar-refractivity contribution in [1.29, 1.82) is 0 Å². The second kappa shape index (κ2) is 11.1. The van der Waals surface area contributed by atoms with Gasteiger partial charge in [0.25, 0.3) is 0 Å². The summed E-state index contributed by atoms with van der Waals surface area (Å²) in [6, 6.07) is 44.3. The maximum Gasteiger partial charge on any atom is 0.169 e. The fourth-order valence-corrected chi connectivity index (χ4v) is 8.57. The Hall–Kier alpha value is -6.40. The Morgan fingerprint density at radius 2 is 1.51 bits per heavy atom. The number of ether oxygens (including phenoxy) is 1. The van der Waals surface area contributed by atoms with Crippen molar-refractivity contribution in [2.24, 2.45) is 9.98 Å². The SMILES string of the molecule is C1=Cc2oc3c(N4C5=CC=C6c7ccccc7OC6C5c5ccccc54)cccc3c2C(C2=NC(c3ccccc3)N=C(c3ccccc3)N2)C1. The zero-order valence-corrected chi connectivity index (χ0v) is 27.6. The standard InChI is InChI=1S/C45H32N4O2/c1-3-13-27(14-4-1)43-46-44(28-15-5-2-6-16-28)48-45(47-43)33-20-12-24-38-39(33)32-19-11-22-36(41(32)51-38)49-34-21-9-7-18-31(34)40-35(49)26-25-30-29-17-8-10-23-37(29)50-42(30)40/h1-19,21-26,33,40,42-43H,20H2,(H,46,47,48). The Morgan fingerprint density at radius 1 is 0.725 bits per heavy atom. The van der Waals surface area contributed by atoms with E-state index < -0.39 is 0 Å². The van der Waals surface area contributed by atoms with E-state index in [-0.39, 0.29) is 24.1 Å². The molecule has 6 nitrogen and oxygen atoms in total. The third-order valence-electron chi connectivity index (χ3n) is 10.8. The minimum Gasteiger partial charge on any atom is -0.484 e. The molecule has 0 spiro atoms. The van der Waals surface area contributed by atoms with Crippen LogP contribution in [0.2, 0.25) is 0 Å². The number of anilines is 2. The minimum absolute atomic E-state index is 0.0367. The van der Waals surface area contributed by atoms with E-state index in [0.29, 0.717) is 0 Å². The van der Waals surface area contributed by atoms with Crippen LogP contribution in [0.15, 0.2) is 166 Å². The van der Waals surface area contributed by atoms with E-state index in [1.807, 2.05) is 42.5 Å². The molecule has 244 valence electrons. The highest BCUT2D eigenvalue weighted by Gasteiger charge is 2.47. The first kappa shape index (κ1) is 28.4. The van der Waals surface area contributed by atoms with Crippen molar-refractivity contribution in [3.8, 4) is 5.75 Å². The summed E-state index contributed by atoms with van der Waals surface area (Å²) in [7, 11) is 0. The van der Waals surface area contributed by atoms with Crippen molar-refractivity contribution in [2.75, 3.05) is 4.90 Å². The van der Waals surface area contributed by atoms with Crippen molar-refractivity contribution >= 4 is 45.7 Å². The van der Waals surface area contributed by atoms with Gasteiger partial charge in [-0.3, -0.25) is 0 Å². The van der Waals surface area contributed by atoms with Crippen LogP contribution in [0.3, 0.4) is 0 Å². The van der Waals surface area contributed by atoms with Crippen LogP contribution in [0.1, 0.15) is 58.0 Å². The van der Waals surface area contributed by atoms with E-state index in [9.17, 15) is 0 Å². The molecule has 0 saturated carbocycles. The number of rotatable bonds is 4. The van der Waals surface area contributed by atoms with Crippen LogP contribution < -0.4 is 15.0 Å². The normalized spacial score (nSPS) is 22.3. The maximum atomic E-state index is 6.89. The summed E-state index contributed by atoms with van der Waals surface area (Å²) in [6.07, 6.45) is 9.22. The minimum atomic E-state index is -0.348. The first-order valence-electron chi connectivity index (χ1n) is 17.6. The van der Waals surface area contributed by atoms with Crippen LogP contribution in [0.5, 0.6) is 5.75 Å². The number of benzene rings is 5. The summed E-state index contributed by atoms with van der Waals surface area (Å²) in [6.45, 7) is 0.